The van der Waals surface area contributed by atoms with Crippen molar-refractivity contribution >= 4 is 22.8 Å². The number of aliphatic imine (C=N–C) groups is 1. The summed E-state index contributed by atoms with van der Waals surface area (Å²) in [5.74, 6) is 1.27. The predicted octanol–water partition coefficient (Wildman–Crippen LogP) is -0.575. The lowest BCUT2D eigenvalue weighted by Gasteiger charge is -2.25. The van der Waals surface area contributed by atoms with Crippen molar-refractivity contribution in [1.82, 2.24) is 10.6 Å². The topological polar surface area (TPSA) is 53.5 Å². The third-order valence-corrected chi connectivity index (χ3v) is 2.86. The van der Waals surface area contributed by atoms with Crippen LogP contribution in [0.5, 0.6) is 0 Å². The Labute approximate surface area is 75.2 Å². The van der Waals surface area contributed by atoms with Crippen LogP contribution < -0.4 is 10.6 Å². The second-order valence-electron chi connectivity index (χ2n) is 2.88. The Hall–Kier alpha value is -0.550. The Bertz CT molecular complexity index is 225. The lowest BCUT2D eigenvalue weighted by Crippen LogP contribution is -2.51. The summed E-state index contributed by atoms with van der Waals surface area (Å²) < 4.78 is 0. The molecule has 0 radical (unpaired) electrons. The Morgan fingerprint density at radius 3 is 3.00 bits per heavy atom. The van der Waals surface area contributed by atoms with Crippen LogP contribution in [0.1, 0.15) is 0 Å². The first kappa shape index (κ1) is 8.07. The molecule has 2 aliphatic heterocycles. The van der Waals surface area contributed by atoms with E-state index >= 15 is 0 Å². The normalized spacial score (nSPS) is 23.2. The van der Waals surface area contributed by atoms with Gasteiger partial charge in [-0.05, 0) is 0 Å². The molecule has 12 heavy (non-hydrogen) atoms. The third-order valence-electron chi connectivity index (χ3n) is 1.97. The first-order valence-electron chi connectivity index (χ1n) is 4.05. The summed E-state index contributed by atoms with van der Waals surface area (Å²) in [6, 6.07) is 0. The molecule has 2 rings (SSSR count). The van der Waals surface area contributed by atoms with Crippen molar-refractivity contribution in [3.8, 4) is 0 Å². The fourth-order valence-corrected chi connectivity index (χ4v) is 1.82. The van der Waals surface area contributed by atoms with E-state index < -0.39 is 0 Å². The highest BCUT2D eigenvalue weighted by atomic mass is 32.2. The van der Waals surface area contributed by atoms with Crippen molar-refractivity contribution in [2.75, 3.05) is 25.4 Å². The first-order valence-corrected chi connectivity index (χ1v) is 5.03. The van der Waals surface area contributed by atoms with Gasteiger partial charge < -0.3 is 10.6 Å². The second kappa shape index (κ2) is 3.45. The van der Waals surface area contributed by atoms with Crippen molar-refractivity contribution in [3.05, 3.63) is 0 Å². The number of thioether (sulfide) groups is 1. The van der Waals surface area contributed by atoms with Crippen LogP contribution in [0.25, 0.3) is 0 Å². The molecule has 0 aromatic rings. The lowest BCUT2D eigenvalue weighted by molar-refractivity contribution is -0.124. The number of hydrogen-bond acceptors (Lipinski definition) is 4. The minimum atomic E-state index is 0.113. The molecule has 2 N–H and O–H groups in total. The van der Waals surface area contributed by atoms with Crippen LogP contribution in [0.2, 0.25) is 0 Å². The van der Waals surface area contributed by atoms with Gasteiger partial charge in [-0.3, -0.25) is 9.79 Å². The zero-order valence-corrected chi connectivity index (χ0v) is 7.49. The maximum atomic E-state index is 11.3. The van der Waals surface area contributed by atoms with E-state index in [1.54, 1.807) is 11.8 Å². The molecule has 66 valence electrons. The molecule has 0 unspecified atom stereocenters. The molecule has 1 saturated heterocycles. The van der Waals surface area contributed by atoms with E-state index in [4.69, 9.17) is 0 Å². The van der Waals surface area contributed by atoms with Crippen molar-refractivity contribution < 1.29 is 4.79 Å². The number of amides is 1. The minimum absolute atomic E-state index is 0.113. The van der Waals surface area contributed by atoms with Gasteiger partial charge in [-0.15, -0.1) is 0 Å². The lowest BCUT2D eigenvalue weighted by atomic mass is 10.0. The predicted molar refractivity (Wildman–Crippen MR) is 49.3 cm³/mol. The van der Waals surface area contributed by atoms with Crippen LogP contribution in [0.15, 0.2) is 4.99 Å². The summed E-state index contributed by atoms with van der Waals surface area (Å²) in [5, 5.41) is 6.67. The van der Waals surface area contributed by atoms with E-state index in [0.717, 1.165) is 30.6 Å². The molecule has 0 saturated carbocycles. The van der Waals surface area contributed by atoms with Gasteiger partial charge in [0.25, 0.3) is 0 Å². The molecule has 1 amide bonds. The summed E-state index contributed by atoms with van der Waals surface area (Å²) >= 11 is 1.62. The Kier molecular flexibility index (Phi) is 2.32. The molecule has 0 bridgehead atoms. The minimum Gasteiger partial charge on any atom is -0.315 e. The quantitative estimate of drug-likeness (QED) is 0.575. The molecule has 2 aliphatic rings. The van der Waals surface area contributed by atoms with E-state index in [-0.39, 0.29) is 11.8 Å². The van der Waals surface area contributed by atoms with Gasteiger partial charge >= 0.3 is 0 Å². The van der Waals surface area contributed by atoms with Crippen molar-refractivity contribution in [2.45, 2.75) is 0 Å². The van der Waals surface area contributed by atoms with E-state index in [1.165, 1.54) is 0 Å². The zero-order valence-electron chi connectivity index (χ0n) is 6.67. The number of hydrogen-bond donors (Lipinski definition) is 2. The maximum Gasteiger partial charge on any atom is 0.231 e. The Morgan fingerprint density at radius 2 is 2.50 bits per heavy atom. The zero-order chi connectivity index (χ0) is 8.39. The molecule has 2 heterocycles. The van der Waals surface area contributed by atoms with Gasteiger partial charge in [-0.1, -0.05) is 11.8 Å². The molecule has 4 nitrogen and oxygen atoms in total. The fourth-order valence-electron chi connectivity index (χ4n) is 1.09. The largest absolute Gasteiger partial charge is 0.315 e. The van der Waals surface area contributed by atoms with Crippen molar-refractivity contribution in [2.24, 2.45) is 10.9 Å². The number of nitrogens with zero attached hydrogens (tertiary/aromatic N) is 1. The van der Waals surface area contributed by atoms with Gasteiger partial charge in [0.1, 0.15) is 0 Å². The summed E-state index contributed by atoms with van der Waals surface area (Å²) in [5.41, 5.74) is 0. The van der Waals surface area contributed by atoms with Crippen LogP contribution in [0.4, 0.5) is 0 Å². The van der Waals surface area contributed by atoms with E-state index in [2.05, 4.69) is 15.6 Å². The maximum absolute atomic E-state index is 11.3. The van der Waals surface area contributed by atoms with Gasteiger partial charge in [0.05, 0.1) is 12.5 Å². The molecular formula is C7H11N3OS. The second-order valence-corrected chi connectivity index (χ2v) is 3.96. The van der Waals surface area contributed by atoms with Crippen LogP contribution in [0.3, 0.4) is 0 Å². The molecule has 0 aromatic carbocycles. The summed E-state index contributed by atoms with van der Waals surface area (Å²) in [4.78, 5) is 15.5. The Balaban J connectivity index is 1.81. The Morgan fingerprint density at radius 1 is 1.67 bits per heavy atom. The van der Waals surface area contributed by atoms with Crippen LogP contribution >= 0.6 is 11.8 Å². The monoisotopic (exact) mass is 185 g/mol. The number of carbonyl (C=O) groups excluding carboxylic acids is 1. The highest BCUT2D eigenvalue weighted by Crippen LogP contribution is 2.10. The first-order chi connectivity index (χ1) is 5.86. The van der Waals surface area contributed by atoms with Gasteiger partial charge in [0.15, 0.2) is 5.17 Å². The van der Waals surface area contributed by atoms with E-state index in [0.29, 0.717) is 0 Å². The van der Waals surface area contributed by atoms with Gasteiger partial charge in [-0.2, -0.15) is 0 Å². The van der Waals surface area contributed by atoms with Gasteiger partial charge in [-0.25, -0.2) is 0 Å². The molecule has 5 heteroatoms. The van der Waals surface area contributed by atoms with Crippen LogP contribution in [-0.4, -0.2) is 36.5 Å². The highest BCUT2D eigenvalue weighted by molar-refractivity contribution is 8.14. The highest BCUT2D eigenvalue weighted by Gasteiger charge is 2.26. The fraction of sp³-hybridized carbons (Fsp3) is 0.714. The van der Waals surface area contributed by atoms with Crippen molar-refractivity contribution in [3.63, 3.8) is 0 Å². The smallest absolute Gasteiger partial charge is 0.231 e. The van der Waals surface area contributed by atoms with E-state index in [1.807, 2.05) is 0 Å². The van der Waals surface area contributed by atoms with Crippen LogP contribution in [-0.2, 0) is 4.79 Å². The molecule has 1 fully saturated rings. The average molecular weight is 185 g/mol. The summed E-state index contributed by atoms with van der Waals surface area (Å²) in [6.07, 6.45) is 0. The number of carbonyl (C=O) groups is 1. The number of rotatable bonds is 1. The molecule has 0 aliphatic carbocycles. The van der Waals surface area contributed by atoms with Crippen LogP contribution in [0, 0.1) is 5.92 Å². The molecular weight excluding hydrogens is 174 g/mol. The summed E-state index contributed by atoms with van der Waals surface area (Å²) in [6.45, 7) is 2.46. The SMILES string of the molecule is O=C(NC1=NCCS1)C1CNC1. The number of amidine groups is 1. The number of nitrogens with one attached hydrogen (secondary N) is 2. The standard InChI is InChI=1S/C7H11N3OS/c11-6(5-3-8-4-5)10-7-9-1-2-12-7/h5,8H,1-4H2,(H,9,10,11). The molecule has 0 spiro atoms. The van der Waals surface area contributed by atoms with E-state index in [9.17, 15) is 4.79 Å². The van der Waals surface area contributed by atoms with Gasteiger partial charge in [0, 0.05) is 18.8 Å². The van der Waals surface area contributed by atoms with Crippen molar-refractivity contribution in [1.29, 1.82) is 0 Å². The summed E-state index contributed by atoms with van der Waals surface area (Å²) in [7, 11) is 0. The molecule has 0 aromatic heterocycles. The third kappa shape index (κ3) is 1.61. The van der Waals surface area contributed by atoms with Gasteiger partial charge in [0.2, 0.25) is 5.91 Å². The average Bonchev–Trinajstić information content (AvgIpc) is 2.34. The molecule has 0 atom stereocenters.